The fourth-order valence-electron chi connectivity index (χ4n) is 6.55. The highest BCUT2D eigenvalue weighted by Crippen LogP contribution is 2.66. The molecule has 4 fully saturated rings. The van der Waals surface area contributed by atoms with Gasteiger partial charge in [-0.3, -0.25) is 0 Å². The van der Waals surface area contributed by atoms with Gasteiger partial charge in [-0.1, -0.05) is 13.8 Å². The highest BCUT2D eigenvalue weighted by molar-refractivity contribution is 5.68. The fraction of sp³-hybridized carbons (Fsp3) is 0.750. The molecule has 2 aromatic heterocycles. The molecule has 2 aromatic rings. The summed E-state index contributed by atoms with van der Waals surface area (Å²) in [6.45, 7) is 4.84. The summed E-state index contributed by atoms with van der Waals surface area (Å²) in [7, 11) is 0. The number of anilines is 1. The Kier molecular flexibility index (Phi) is 2.31. The van der Waals surface area contributed by atoms with Crippen molar-refractivity contribution >= 4 is 17.1 Å². The van der Waals surface area contributed by atoms with Gasteiger partial charge < -0.3 is 10.4 Å². The number of hydrogen-bond acceptors (Lipinski definition) is 7. The van der Waals surface area contributed by atoms with Gasteiger partial charge in [-0.05, 0) is 65.6 Å². The van der Waals surface area contributed by atoms with Gasteiger partial charge in [0, 0.05) is 5.54 Å². The van der Waals surface area contributed by atoms with Crippen molar-refractivity contribution in [1.82, 2.24) is 20.3 Å². The summed E-state index contributed by atoms with van der Waals surface area (Å²) in [4.78, 5) is 8.40. The average molecular weight is 315 g/mol. The third kappa shape index (κ3) is 1.95. The number of nitrogens with one attached hydrogen (secondary N) is 1. The Bertz CT molecular complexity index is 785. The average Bonchev–Trinajstić information content (AvgIpc) is 2.81. The van der Waals surface area contributed by atoms with Gasteiger partial charge in [-0.15, -0.1) is 0 Å². The molecule has 7 nitrogen and oxygen atoms in total. The maximum absolute atomic E-state index is 10.2. The lowest BCUT2D eigenvalue weighted by Crippen LogP contribution is -2.61. The molecule has 23 heavy (non-hydrogen) atoms. The van der Waals surface area contributed by atoms with Gasteiger partial charge in [-0.25, -0.2) is 4.63 Å². The zero-order chi connectivity index (χ0) is 15.9. The predicted octanol–water partition coefficient (Wildman–Crippen LogP) is 2.88. The van der Waals surface area contributed by atoms with Crippen LogP contribution in [0.2, 0.25) is 0 Å². The number of aromatic nitrogens is 4. The van der Waals surface area contributed by atoms with Crippen molar-refractivity contribution in [3.8, 4) is 5.88 Å². The van der Waals surface area contributed by atoms with Gasteiger partial charge in [0.15, 0.2) is 5.82 Å². The van der Waals surface area contributed by atoms with Gasteiger partial charge in [0.2, 0.25) is 11.3 Å². The van der Waals surface area contributed by atoms with E-state index in [0.29, 0.717) is 22.3 Å². The number of nitrogens with zero attached hydrogens (tertiary/aromatic N) is 4. The Hall–Kier alpha value is -1.92. The van der Waals surface area contributed by atoms with E-state index >= 15 is 0 Å². The molecule has 0 aliphatic heterocycles. The summed E-state index contributed by atoms with van der Waals surface area (Å²) in [5, 5.41) is 21.1. The second-order valence-electron chi connectivity index (χ2n) is 8.84. The minimum absolute atomic E-state index is 0.0000817. The van der Waals surface area contributed by atoms with E-state index in [9.17, 15) is 5.11 Å². The SMILES string of the molecule is CC12CC3CC(C)(C1)CC(Nc1nc4nonc4nc1O)(C3)C2. The van der Waals surface area contributed by atoms with Gasteiger partial charge in [0.25, 0.3) is 5.88 Å². The Morgan fingerprint density at radius 2 is 1.65 bits per heavy atom. The molecule has 2 unspecified atom stereocenters. The topological polar surface area (TPSA) is 97.0 Å². The third-order valence-electron chi connectivity index (χ3n) is 6.11. The summed E-state index contributed by atoms with van der Waals surface area (Å²) in [5.74, 6) is 1.04. The maximum atomic E-state index is 10.2. The molecule has 4 bridgehead atoms. The summed E-state index contributed by atoms with van der Waals surface area (Å²) in [5.41, 5.74) is 1.35. The first-order valence-electron chi connectivity index (χ1n) is 8.34. The number of rotatable bonds is 2. The van der Waals surface area contributed by atoms with Crippen LogP contribution in [0.3, 0.4) is 0 Å². The minimum Gasteiger partial charge on any atom is -0.491 e. The second-order valence-corrected chi connectivity index (χ2v) is 8.84. The van der Waals surface area contributed by atoms with Crippen LogP contribution in [0, 0.1) is 16.7 Å². The number of aromatic hydroxyl groups is 1. The highest BCUT2D eigenvalue weighted by atomic mass is 16.6. The molecule has 4 aliphatic carbocycles. The van der Waals surface area contributed by atoms with Crippen LogP contribution in [0.4, 0.5) is 5.82 Å². The van der Waals surface area contributed by atoms with Crippen LogP contribution < -0.4 is 5.32 Å². The Morgan fingerprint density at radius 3 is 2.30 bits per heavy atom. The molecule has 6 rings (SSSR count). The molecule has 0 aromatic carbocycles. The van der Waals surface area contributed by atoms with Crippen molar-refractivity contribution in [1.29, 1.82) is 0 Å². The molecular formula is C16H21N5O2. The van der Waals surface area contributed by atoms with Gasteiger partial charge >= 0.3 is 0 Å². The Morgan fingerprint density at radius 1 is 1.00 bits per heavy atom. The minimum atomic E-state index is -0.126. The third-order valence-corrected chi connectivity index (χ3v) is 6.11. The lowest BCUT2D eigenvalue weighted by atomic mass is 9.43. The highest BCUT2D eigenvalue weighted by Gasteiger charge is 2.60. The summed E-state index contributed by atoms with van der Waals surface area (Å²) < 4.78 is 4.64. The molecular weight excluding hydrogens is 294 g/mol. The molecule has 0 spiro atoms. The van der Waals surface area contributed by atoms with E-state index in [4.69, 9.17) is 0 Å². The first-order chi connectivity index (χ1) is 10.9. The smallest absolute Gasteiger partial charge is 0.257 e. The Balaban J connectivity index is 1.54. The van der Waals surface area contributed by atoms with Crippen LogP contribution in [0.25, 0.3) is 11.3 Å². The van der Waals surface area contributed by atoms with Crippen LogP contribution in [-0.4, -0.2) is 30.9 Å². The van der Waals surface area contributed by atoms with Gasteiger partial charge in [0.1, 0.15) is 0 Å². The molecule has 2 N–H and O–H groups in total. The molecule has 0 radical (unpaired) electrons. The number of fused-ring (bicyclic) bond motifs is 1. The molecule has 2 heterocycles. The first-order valence-corrected chi connectivity index (χ1v) is 8.34. The lowest BCUT2D eigenvalue weighted by molar-refractivity contribution is -0.0974. The molecule has 0 amide bonds. The van der Waals surface area contributed by atoms with Crippen molar-refractivity contribution in [3.63, 3.8) is 0 Å². The molecule has 0 saturated heterocycles. The lowest BCUT2D eigenvalue weighted by Gasteiger charge is -2.65. The zero-order valence-electron chi connectivity index (χ0n) is 13.5. The number of hydrogen-bond donors (Lipinski definition) is 2. The van der Waals surface area contributed by atoms with E-state index < -0.39 is 0 Å². The first kappa shape index (κ1) is 13.5. The molecule has 122 valence electrons. The monoisotopic (exact) mass is 315 g/mol. The predicted molar refractivity (Wildman–Crippen MR) is 82.8 cm³/mol. The van der Waals surface area contributed by atoms with Crippen LogP contribution in [0.5, 0.6) is 5.88 Å². The van der Waals surface area contributed by atoms with Crippen molar-refractivity contribution in [2.24, 2.45) is 16.7 Å². The van der Waals surface area contributed by atoms with Crippen LogP contribution in [-0.2, 0) is 0 Å². The second kappa shape index (κ2) is 3.94. The maximum Gasteiger partial charge on any atom is 0.257 e. The van der Waals surface area contributed by atoms with Gasteiger partial charge in [-0.2, -0.15) is 9.97 Å². The largest absolute Gasteiger partial charge is 0.491 e. The van der Waals surface area contributed by atoms with E-state index in [1.807, 2.05) is 0 Å². The molecule has 7 heteroatoms. The normalized spacial score (nSPS) is 41.6. The van der Waals surface area contributed by atoms with Crippen LogP contribution in [0.1, 0.15) is 52.4 Å². The fourth-order valence-corrected chi connectivity index (χ4v) is 6.55. The molecule has 4 aliphatic rings. The van der Waals surface area contributed by atoms with E-state index in [1.54, 1.807) is 0 Å². The van der Waals surface area contributed by atoms with Crippen LogP contribution >= 0.6 is 0 Å². The summed E-state index contributed by atoms with van der Waals surface area (Å²) >= 11 is 0. The standard InChI is InChI=1S/C16H21N5O2/c1-14-3-9-4-15(2,6-14)8-16(5-9,7-14)19-12-13(22)18-11-10(17-12)20-23-21-11/h9H,3-8H2,1-2H3,(H,17,19,20)(H,18,21,22). The van der Waals surface area contributed by atoms with E-state index in [-0.39, 0.29) is 17.1 Å². The summed E-state index contributed by atoms with van der Waals surface area (Å²) in [6, 6.07) is 0. The van der Waals surface area contributed by atoms with Crippen LogP contribution in [0.15, 0.2) is 4.63 Å². The molecule has 2 atom stereocenters. The quantitative estimate of drug-likeness (QED) is 0.879. The van der Waals surface area contributed by atoms with Crippen molar-refractivity contribution < 1.29 is 9.74 Å². The van der Waals surface area contributed by atoms with E-state index in [0.717, 1.165) is 25.2 Å². The van der Waals surface area contributed by atoms with E-state index in [1.165, 1.54) is 19.3 Å². The zero-order valence-corrected chi connectivity index (χ0v) is 13.5. The molecule has 4 saturated carbocycles. The van der Waals surface area contributed by atoms with E-state index in [2.05, 4.69) is 44.1 Å². The van der Waals surface area contributed by atoms with Crippen molar-refractivity contribution in [3.05, 3.63) is 0 Å². The van der Waals surface area contributed by atoms with Gasteiger partial charge in [0.05, 0.1) is 0 Å². The van der Waals surface area contributed by atoms with Crippen molar-refractivity contribution in [2.45, 2.75) is 57.9 Å². The Labute approximate surface area is 133 Å². The summed E-state index contributed by atoms with van der Waals surface area (Å²) in [6.07, 6.45) is 7.37. The van der Waals surface area contributed by atoms with Crippen molar-refractivity contribution in [2.75, 3.05) is 5.32 Å².